The third-order valence-corrected chi connectivity index (χ3v) is 5.03. The van der Waals surface area contributed by atoms with E-state index in [9.17, 15) is 13.6 Å². The molecule has 1 unspecified atom stereocenters. The lowest BCUT2D eigenvalue weighted by Crippen LogP contribution is -2.36. The van der Waals surface area contributed by atoms with E-state index in [4.69, 9.17) is 4.74 Å². The first-order valence-electron chi connectivity index (χ1n) is 9.64. The van der Waals surface area contributed by atoms with Gasteiger partial charge in [-0.05, 0) is 55.7 Å². The van der Waals surface area contributed by atoms with E-state index in [1.54, 1.807) is 6.07 Å². The number of para-hydroxylation sites is 1. The fourth-order valence-corrected chi connectivity index (χ4v) is 3.25. The monoisotopic (exact) mass is 396 g/mol. The van der Waals surface area contributed by atoms with Crippen LogP contribution < -0.4 is 15.0 Å². The number of allylic oxidation sites excluding steroid dienone is 2. The van der Waals surface area contributed by atoms with E-state index in [1.165, 1.54) is 18.2 Å². The Morgan fingerprint density at radius 1 is 1.17 bits per heavy atom. The number of nitrogens with zero attached hydrogens (tertiary/aromatic N) is 1. The number of amides is 1. The lowest BCUT2D eigenvalue weighted by atomic mass is 10.1. The molecule has 1 atom stereocenters. The summed E-state index contributed by atoms with van der Waals surface area (Å²) in [6.07, 6.45) is 9.55. The first-order chi connectivity index (χ1) is 14.0. The van der Waals surface area contributed by atoms with Crippen LogP contribution in [-0.2, 0) is 0 Å². The summed E-state index contributed by atoms with van der Waals surface area (Å²) in [4.78, 5) is 14.4. The molecule has 0 bridgehead atoms. The maximum absolute atomic E-state index is 13.9. The standard InChI is InChI=1S/C23H22F2N2O2/c1-15-8-9-16(23(28)26-17-10-11-17)13-21(15)27-12-3-2-5-18(27)14-29-22-19(24)6-4-7-20(22)25/h2-9,12-13,17-18H,10-11,14H2,1H3,(H,26,28). The molecular weight excluding hydrogens is 374 g/mol. The zero-order valence-electron chi connectivity index (χ0n) is 16.1. The Hall–Kier alpha value is -3.15. The second-order valence-corrected chi connectivity index (χ2v) is 7.31. The molecule has 0 radical (unpaired) electrons. The Bertz CT molecular complexity index is 963. The molecule has 1 amide bonds. The average Bonchev–Trinajstić information content (AvgIpc) is 3.52. The Morgan fingerprint density at radius 2 is 1.93 bits per heavy atom. The molecule has 150 valence electrons. The van der Waals surface area contributed by atoms with Crippen LogP contribution in [0.4, 0.5) is 14.5 Å². The Labute approximate surface area is 168 Å². The van der Waals surface area contributed by atoms with E-state index < -0.39 is 11.6 Å². The van der Waals surface area contributed by atoms with Gasteiger partial charge in [-0.1, -0.05) is 24.3 Å². The highest BCUT2D eigenvalue weighted by molar-refractivity contribution is 5.95. The minimum absolute atomic E-state index is 0.0522. The van der Waals surface area contributed by atoms with Crippen molar-refractivity contribution in [3.8, 4) is 5.75 Å². The van der Waals surface area contributed by atoms with Crippen molar-refractivity contribution in [3.63, 3.8) is 0 Å². The minimum atomic E-state index is -0.734. The van der Waals surface area contributed by atoms with E-state index in [0.29, 0.717) is 5.56 Å². The number of rotatable bonds is 6. The molecular formula is C23H22F2N2O2. The molecule has 1 N–H and O–H groups in total. The number of nitrogens with one attached hydrogen (secondary N) is 1. The predicted octanol–water partition coefficient (Wildman–Crippen LogP) is 4.50. The summed E-state index contributed by atoms with van der Waals surface area (Å²) in [7, 11) is 0. The number of benzene rings is 2. The largest absolute Gasteiger partial charge is 0.485 e. The van der Waals surface area contributed by atoms with Gasteiger partial charge in [-0.3, -0.25) is 4.79 Å². The molecule has 0 spiro atoms. The smallest absolute Gasteiger partial charge is 0.251 e. The van der Waals surface area contributed by atoms with Gasteiger partial charge in [0.05, 0.1) is 6.04 Å². The van der Waals surface area contributed by atoms with E-state index in [2.05, 4.69) is 5.32 Å². The number of carbonyl (C=O) groups is 1. The third kappa shape index (κ3) is 4.31. The second-order valence-electron chi connectivity index (χ2n) is 7.31. The summed E-state index contributed by atoms with van der Waals surface area (Å²) in [5.41, 5.74) is 2.41. The number of hydrogen-bond donors (Lipinski definition) is 1. The normalized spacial score (nSPS) is 18.0. The van der Waals surface area contributed by atoms with Crippen LogP contribution in [0.15, 0.2) is 60.8 Å². The van der Waals surface area contributed by atoms with Gasteiger partial charge in [0.1, 0.15) is 6.61 Å². The molecule has 1 aliphatic carbocycles. The predicted molar refractivity (Wildman–Crippen MR) is 108 cm³/mol. The highest BCUT2D eigenvalue weighted by Crippen LogP contribution is 2.28. The molecule has 0 aromatic heterocycles. The van der Waals surface area contributed by atoms with Crippen LogP contribution in [0, 0.1) is 18.6 Å². The van der Waals surface area contributed by atoms with Gasteiger partial charge in [-0.15, -0.1) is 0 Å². The van der Waals surface area contributed by atoms with Crippen LogP contribution in [0.3, 0.4) is 0 Å². The van der Waals surface area contributed by atoms with Crippen molar-refractivity contribution >= 4 is 11.6 Å². The van der Waals surface area contributed by atoms with E-state index in [1.807, 2.05) is 48.4 Å². The number of carbonyl (C=O) groups excluding carboxylic acids is 1. The molecule has 1 saturated carbocycles. The Kier molecular flexibility index (Phi) is 5.34. The SMILES string of the molecule is Cc1ccc(C(=O)NC2CC2)cc1N1C=CC=CC1COc1c(F)cccc1F. The summed E-state index contributed by atoms with van der Waals surface area (Å²) in [5, 5.41) is 2.99. The van der Waals surface area contributed by atoms with Gasteiger partial charge in [0.25, 0.3) is 5.91 Å². The molecule has 4 rings (SSSR count). The van der Waals surface area contributed by atoms with Gasteiger partial charge in [0, 0.05) is 23.5 Å². The maximum Gasteiger partial charge on any atom is 0.251 e. The molecule has 1 fully saturated rings. The van der Waals surface area contributed by atoms with Crippen molar-refractivity contribution in [2.24, 2.45) is 0 Å². The van der Waals surface area contributed by atoms with Gasteiger partial charge in [-0.2, -0.15) is 0 Å². The number of halogens is 2. The van der Waals surface area contributed by atoms with Crippen molar-refractivity contribution in [1.29, 1.82) is 0 Å². The Balaban J connectivity index is 1.55. The first-order valence-corrected chi connectivity index (χ1v) is 9.64. The molecule has 2 aromatic rings. The summed E-state index contributed by atoms with van der Waals surface area (Å²) < 4.78 is 33.3. The van der Waals surface area contributed by atoms with Crippen molar-refractivity contribution in [2.45, 2.75) is 31.8 Å². The van der Waals surface area contributed by atoms with Crippen molar-refractivity contribution in [2.75, 3.05) is 11.5 Å². The lowest BCUT2D eigenvalue weighted by molar-refractivity contribution is 0.0951. The van der Waals surface area contributed by atoms with Crippen LogP contribution in [0.25, 0.3) is 0 Å². The third-order valence-electron chi connectivity index (χ3n) is 5.03. The average molecular weight is 396 g/mol. The maximum atomic E-state index is 13.9. The lowest BCUT2D eigenvalue weighted by Gasteiger charge is -2.32. The topological polar surface area (TPSA) is 41.6 Å². The molecule has 4 nitrogen and oxygen atoms in total. The van der Waals surface area contributed by atoms with Crippen LogP contribution in [-0.4, -0.2) is 24.6 Å². The second kappa shape index (κ2) is 8.07. The summed E-state index contributed by atoms with van der Waals surface area (Å²) in [6.45, 7) is 2.01. The van der Waals surface area contributed by atoms with Gasteiger partial charge in [0.15, 0.2) is 17.4 Å². The van der Waals surface area contributed by atoms with Crippen LogP contribution in [0.1, 0.15) is 28.8 Å². The molecule has 6 heteroatoms. The van der Waals surface area contributed by atoms with E-state index in [0.717, 1.165) is 24.1 Å². The number of ether oxygens (including phenoxy) is 1. The molecule has 2 aliphatic rings. The number of aryl methyl sites for hydroxylation is 1. The minimum Gasteiger partial charge on any atom is -0.485 e. The zero-order valence-corrected chi connectivity index (χ0v) is 16.1. The molecule has 29 heavy (non-hydrogen) atoms. The highest BCUT2D eigenvalue weighted by atomic mass is 19.1. The number of hydrogen-bond acceptors (Lipinski definition) is 3. The highest BCUT2D eigenvalue weighted by Gasteiger charge is 2.25. The van der Waals surface area contributed by atoms with Crippen LogP contribution in [0.2, 0.25) is 0 Å². The van der Waals surface area contributed by atoms with Crippen LogP contribution >= 0.6 is 0 Å². The van der Waals surface area contributed by atoms with E-state index in [-0.39, 0.29) is 30.3 Å². The van der Waals surface area contributed by atoms with Crippen LogP contribution in [0.5, 0.6) is 5.75 Å². The zero-order chi connectivity index (χ0) is 20.4. The summed E-state index contributed by atoms with van der Waals surface area (Å²) >= 11 is 0. The van der Waals surface area contributed by atoms with Crippen molar-refractivity contribution in [1.82, 2.24) is 5.32 Å². The van der Waals surface area contributed by atoms with Gasteiger partial charge < -0.3 is 15.0 Å². The molecule has 1 aliphatic heterocycles. The molecule has 0 saturated heterocycles. The number of anilines is 1. The fourth-order valence-electron chi connectivity index (χ4n) is 3.25. The van der Waals surface area contributed by atoms with Gasteiger partial charge in [0.2, 0.25) is 0 Å². The quantitative estimate of drug-likeness (QED) is 0.782. The Morgan fingerprint density at radius 3 is 2.66 bits per heavy atom. The molecule has 1 heterocycles. The fraction of sp³-hybridized carbons (Fsp3) is 0.261. The summed E-state index contributed by atoms with van der Waals surface area (Å²) in [6, 6.07) is 9.18. The van der Waals surface area contributed by atoms with E-state index >= 15 is 0 Å². The van der Waals surface area contributed by atoms with Gasteiger partial charge >= 0.3 is 0 Å². The van der Waals surface area contributed by atoms with Crippen molar-refractivity contribution < 1.29 is 18.3 Å². The summed E-state index contributed by atoms with van der Waals surface area (Å²) in [5.74, 6) is -1.94. The first kappa shape index (κ1) is 19.2. The molecule has 2 aromatic carbocycles. The van der Waals surface area contributed by atoms with Crippen molar-refractivity contribution in [3.05, 3.63) is 83.6 Å². The van der Waals surface area contributed by atoms with Gasteiger partial charge in [-0.25, -0.2) is 8.78 Å².